The van der Waals surface area contributed by atoms with Crippen LogP contribution >= 0.6 is 0 Å². The van der Waals surface area contributed by atoms with Gasteiger partial charge in [0.15, 0.2) is 0 Å². The molecule has 6 nitrogen and oxygen atoms in total. The van der Waals surface area contributed by atoms with Crippen molar-refractivity contribution in [3.63, 3.8) is 0 Å². The largest absolute Gasteiger partial charge is 0.469 e. The van der Waals surface area contributed by atoms with E-state index in [1.54, 1.807) is 12.1 Å². The van der Waals surface area contributed by atoms with E-state index in [0.717, 1.165) is 44.0 Å². The number of esters is 1. The normalized spacial score (nSPS) is 17.0. The summed E-state index contributed by atoms with van der Waals surface area (Å²) in [7, 11) is -0.176. The lowest BCUT2D eigenvalue weighted by atomic mass is 10.1. The molecular formula is C25H29NO5S. The van der Waals surface area contributed by atoms with Crippen molar-refractivity contribution < 1.29 is 23.6 Å². The predicted octanol–water partition coefficient (Wildman–Crippen LogP) is 2.20. The van der Waals surface area contributed by atoms with Crippen LogP contribution < -0.4 is 0 Å². The molecule has 2 aromatic carbocycles. The number of nitrogens with zero attached hydrogens (tertiary/aromatic N) is 1. The third kappa shape index (κ3) is 7.01. The summed E-state index contributed by atoms with van der Waals surface area (Å²) in [4.78, 5) is 14.7. The van der Waals surface area contributed by atoms with Crippen LogP contribution in [-0.2, 0) is 31.6 Å². The maximum Gasteiger partial charge on any atom is 0.312 e. The Morgan fingerprint density at radius 2 is 1.66 bits per heavy atom. The van der Waals surface area contributed by atoms with E-state index in [2.05, 4.69) is 33.6 Å². The molecule has 0 saturated carbocycles. The second-order valence-electron chi connectivity index (χ2n) is 7.74. The van der Waals surface area contributed by atoms with Crippen LogP contribution in [0.5, 0.6) is 0 Å². The summed E-state index contributed by atoms with van der Waals surface area (Å²) in [6, 6.07) is 15.3. The second kappa shape index (κ2) is 11.9. The van der Waals surface area contributed by atoms with E-state index < -0.39 is 28.8 Å². The van der Waals surface area contributed by atoms with E-state index in [-0.39, 0.29) is 5.75 Å². The minimum absolute atomic E-state index is 0.00612. The summed E-state index contributed by atoms with van der Waals surface area (Å²) < 4.78 is 22.7. The predicted molar refractivity (Wildman–Crippen MR) is 123 cm³/mol. The third-order valence-electron chi connectivity index (χ3n) is 5.35. The van der Waals surface area contributed by atoms with Crippen molar-refractivity contribution in [2.75, 3.05) is 39.2 Å². The van der Waals surface area contributed by atoms with Crippen LogP contribution in [0, 0.1) is 17.8 Å². The lowest BCUT2D eigenvalue weighted by Crippen LogP contribution is -2.35. The zero-order chi connectivity index (χ0) is 22.9. The van der Waals surface area contributed by atoms with Crippen molar-refractivity contribution >= 4 is 16.8 Å². The van der Waals surface area contributed by atoms with Gasteiger partial charge in [-0.15, -0.1) is 0 Å². The van der Waals surface area contributed by atoms with Gasteiger partial charge in [-0.25, -0.2) is 0 Å². The molecule has 0 amide bonds. The molecule has 7 heteroatoms. The van der Waals surface area contributed by atoms with Gasteiger partial charge in [-0.1, -0.05) is 24.0 Å². The number of ether oxygens (including phenoxy) is 2. The van der Waals surface area contributed by atoms with Gasteiger partial charge in [-0.05, 0) is 48.9 Å². The van der Waals surface area contributed by atoms with Crippen molar-refractivity contribution in [3.8, 4) is 11.8 Å². The van der Waals surface area contributed by atoms with E-state index in [4.69, 9.17) is 4.74 Å². The summed E-state index contributed by atoms with van der Waals surface area (Å²) in [5.41, 5.74) is 3.00. The van der Waals surface area contributed by atoms with Crippen LogP contribution in [0.1, 0.15) is 23.6 Å². The number of carbonyl (C=O) groups is 1. The monoisotopic (exact) mass is 455 g/mol. The first kappa shape index (κ1) is 24.1. The Morgan fingerprint density at radius 1 is 1.09 bits per heavy atom. The first-order valence-corrected chi connectivity index (χ1v) is 11.9. The van der Waals surface area contributed by atoms with Crippen LogP contribution in [-0.4, -0.2) is 65.5 Å². The number of carbonyl (C=O) groups excluding carboxylic acids is 1. The van der Waals surface area contributed by atoms with E-state index >= 15 is 0 Å². The molecule has 32 heavy (non-hydrogen) atoms. The standard InChI is InChI=1S/C25H29NO5S/c1-19(27)24(25(28)30-2)18-32(29)23-11-9-21(10-12-23)4-3-20-5-7-22(8-6-20)17-26-13-15-31-16-14-26/h5-12,19,24,27H,13-18H2,1-2H3/t19-,24+,32?/m1/s1. The highest BCUT2D eigenvalue weighted by molar-refractivity contribution is 7.85. The quantitative estimate of drug-likeness (QED) is 0.510. The Bertz CT molecular complexity index is 970. The molecule has 1 fully saturated rings. The van der Waals surface area contributed by atoms with Crippen molar-refractivity contribution in [3.05, 3.63) is 65.2 Å². The molecule has 1 unspecified atom stereocenters. The van der Waals surface area contributed by atoms with Crippen molar-refractivity contribution in [1.82, 2.24) is 4.90 Å². The Kier molecular flexibility index (Phi) is 9.00. The van der Waals surface area contributed by atoms with Crippen molar-refractivity contribution in [1.29, 1.82) is 0 Å². The fourth-order valence-corrected chi connectivity index (χ4v) is 4.73. The summed E-state index contributed by atoms with van der Waals surface area (Å²) >= 11 is 0. The van der Waals surface area contributed by atoms with Gasteiger partial charge < -0.3 is 14.6 Å². The molecule has 0 aliphatic carbocycles. The summed E-state index contributed by atoms with van der Waals surface area (Å²) in [6.45, 7) is 5.92. The first-order valence-electron chi connectivity index (χ1n) is 10.6. The molecule has 1 aliphatic heterocycles. The summed E-state index contributed by atoms with van der Waals surface area (Å²) in [5.74, 6) is 4.90. The number of morpholine rings is 1. The first-order chi connectivity index (χ1) is 15.5. The Morgan fingerprint density at radius 3 is 2.19 bits per heavy atom. The number of aliphatic hydroxyl groups is 1. The molecule has 0 radical (unpaired) electrons. The Labute approximate surface area is 192 Å². The molecule has 0 spiro atoms. The van der Waals surface area contributed by atoms with Crippen LogP contribution in [0.25, 0.3) is 0 Å². The van der Waals surface area contributed by atoms with Crippen LogP contribution in [0.2, 0.25) is 0 Å². The summed E-state index contributed by atoms with van der Waals surface area (Å²) in [6.07, 6.45) is -0.934. The van der Waals surface area contributed by atoms with Gasteiger partial charge in [0.05, 0.1) is 43.1 Å². The number of hydrogen-bond acceptors (Lipinski definition) is 6. The highest BCUT2D eigenvalue weighted by Crippen LogP contribution is 2.15. The van der Waals surface area contributed by atoms with E-state index in [1.807, 2.05) is 24.3 Å². The van der Waals surface area contributed by atoms with Gasteiger partial charge in [-0.2, -0.15) is 0 Å². The van der Waals surface area contributed by atoms with E-state index in [1.165, 1.54) is 19.6 Å². The topological polar surface area (TPSA) is 76.1 Å². The van der Waals surface area contributed by atoms with Gasteiger partial charge in [-0.3, -0.25) is 13.9 Å². The maximum atomic E-state index is 12.6. The highest BCUT2D eigenvalue weighted by atomic mass is 32.2. The van der Waals surface area contributed by atoms with E-state index in [9.17, 15) is 14.1 Å². The van der Waals surface area contributed by atoms with Crippen molar-refractivity contribution in [2.24, 2.45) is 5.92 Å². The Balaban J connectivity index is 1.58. The molecule has 1 N–H and O–H groups in total. The van der Waals surface area contributed by atoms with Gasteiger partial charge in [0.25, 0.3) is 0 Å². The fourth-order valence-electron chi connectivity index (χ4n) is 3.36. The number of methoxy groups -OCH3 is 1. The zero-order valence-corrected chi connectivity index (χ0v) is 19.3. The molecule has 0 bridgehead atoms. The molecule has 1 heterocycles. The van der Waals surface area contributed by atoms with Crippen molar-refractivity contribution in [2.45, 2.75) is 24.5 Å². The number of rotatable bonds is 7. The van der Waals surface area contributed by atoms with Gasteiger partial charge in [0, 0.05) is 41.4 Å². The number of aliphatic hydroxyl groups excluding tert-OH is 1. The molecular weight excluding hydrogens is 426 g/mol. The highest BCUT2D eigenvalue weighted by Gasteiger charge is 2.27. The van der Waals surface area contributed by atoms with Crippen LogP contribution in [0.4, 0.5) is 0 Å². The second-order valence-corrected chi connectivity index (χ2v) is 9.24. The van der Waals surface area contributed by atoms with Gasteiger partial charge >= 0.3 is 5.97 Å². The third-order valence-corrected chi connectivity index (χ3v) is 6.81. The molecule has 170 valence electrons. The molecule has 1 aliphatic rings. The molecule has 3 rings (SSSR count). The van der Waals surface area contributed by atoms with Gasteiger partial charge in [0.1, 0.15) is 0 Å². The zero-order valence-electron chi connectivity index (χ0n) is 18.5. The number of benzene rings is 2. The molecule has 3 atom stereocenters. The molecule has 0 aromatic heterocycles. The van der Waals surface area contributed by atoms with Gasteiger partial charge in [0.2, 0.25) is 0 Å². The van der Waals surface area contributed by atoms with Crippen LogP contribution in [0.3, 0.4) is 0 Å². The minimum atomic E-state index is -1.43. The average molecular weight is 456 g/mol. The smallest absolute Gasteiger partial charge is 0.312 e. The lowest BCUT2D eigenvalue weighted by Gasteiger charge is -2.26. The lowest BCUT2D eigenvalue weighted by molar-refractivity contribution is -0.147. The fraction of sp³-hybridized carbons (Fsp3) is 0.400. The molecule has 1 saturated heterocycles. The van der Waals surface area contributed by atoms with E-state index in [0.29, 0.717) is 4.90 Å². The minimum Gasteiger partial charge on any atom is -0.469 e. The SMILES string of the molecule is COC(=O)[C@@H](CS(=O)c1ccc(C#Cc2ccc(CN3CCOCC3)cc2)cc1)[C@@H](C)O. The van der Waals surface area contributed by atoms with Crippen LogP contribution in [0.15, 0.2) is 53.4 Å². The number of hydrogen-bond donors (Lipinski definition) is 1. The summed E-state index contributed by atoms with van der Waals surface area (Å²) in [5, 5.41) is 9.77. The molecule has 2 aromatic rings. The average Bonchev–Trinajstić information content (AvgIpc) is 2.82. The maximum absolute atomic E-state index is 12.6. The Hall–Kier alpha value is -2.50.